The second kappa shape index (κ2) is 2.72. The zero-order valence-corrected chi connectivity index (χ0v) is 6.76. The van der Waals surface area contributed by atoms with E-state index >= 15 is 0 Å². The van der Waals surface area contributed by atoms with Crippen LogP contribution < -0.4 is 0 Å². The van der Waals surface area contributed by atoms with Crippen LogP contribution in [0.1, 0.15) is 20.8 Å². The molecule has 2 heteroatoms. The summed E-state index contributed by atoms with van der Waals surface area (Å²) in [6.45, 7) is 6.51. The zero-order chi connectivity index (χ0) is 7.61. The molecular formula is C8H14O2. The van der Waals surface area contributed by atoms with E-state index in [1.807, 2.05) is 32.9 Å². The van der Waals surface area contributed by atoms with Gasteiger partial charge in [0.05, 0.1) is 6.61 Å². The lowest BCUT2D eigenvalue weighted by molar-refractivity contribution is -0.133. The Morgan fingerprint density at radius 3 is 2.60 bits per heavy atom. The molecule has 1 saturated heterocycles. The molecule has 0 spiro atoms. The molecule has 0 aromatic rings. The van der Waals surface area contributed by atoms with Gasteiger partial charge in [0, 0.05) is 0 Å². The van der Waals surface area contributed by atoms with E-state index in [0.717, 1.165) is 0 Å². The van der Waals surface area contributed by atoms with Gasteiger partial charge in [-0.3, -0.25) is 0 Å². The van der Waals surface area contributed by atoms with Crippen LogP contribution >= 0.6 is 0 Å². The summed E-state index contributed by atoms with van der Waals surface area (Å²) in [5, 5.41) is 0. The first kappa shape index (κ1) is 7.76. The van der Waals surface area contributed by atoms with Crippen molar-refractivity contribution in [2.75, 3.05) is 6.61 Å². The minimum absolute atomic E-state index is 0.153. The second-order valence-corrected chi connectivity index (χ2v) is 2.89. The largest absolute Gasteiger partial charge is 0.347 e. The summed E-state index contributed by atoms with van der Waals surface area (Å²) in [5.41, 5.74) is 0. The highest BCUT2D eigenvalue weighted by Gasteiger charge is 2.30. The van der Waals surface area contributed by atoms with Crippen LogP contribution in [-0.4, -0.2) is 18.5 Å². The molecule has 1 fully saturated rings. The van der Waals surface area contributed by atoms with Crippen molar-refractivity contribution in [2.45, 2.75) is 32.7 Å². The fraction of sp³-hybridized carbons (Fsp3) is 0.750. The van der Waals surface area contributed by atoms with Gasteiger partial charge in [-0.25, -0.2) is 0 Å². The standard InChI is InChI=1S/C8H14O2/c1-4-5-7-6-9-8(2,3)10-7/h4-5,7H,6H2,1-3H3/b5-4+/t7-/m0/s1. The molecule has 0 radical (unpaired) electrons. The number of ether oxygens (including phenoxy) is 2. The van der Waals surface area contributed by atoms with Crippen LogP contribution in [0.15, 0.2) is 12.2 Å². The molecule has 0 aromatic heterocycles. The van der Waals surface area contributed by atoms with Crippen LogP contribution in [0.4, 0.5) is 0 Å². The smallest absolute Gasteiger partial charge is 0.163 e. The molecule has 0 bridgehead atoms. The van der Waals surface area contributed by atoms with Crippen molar-refractivity contribution in [3.63, 3.8) is 0 Å². The summed E-state index contributed by atoms with van der Waals surface area (Å²) in [6.07, 6.45) is 4.14. The summed E-state index contributed by atoms with van der Waals surface area (Å²) in [5.74, 6) is -0.385. The molecule has 10 heavy (non-hydrogen) atoms. The van der Waals surface area contributed by atoms with Crippen molar-refractivity contribution in [1.29, 1.82) is 0 Å². The quantitative estimate of drug-likeness (QED) is 0.519. The van der Waals surface area contributed by atoms with Crippen molar-refractivity contribution in [3.05, 3.63) is 12.2 Å². The predicted octanol–water partition coefficient (Wildman–Crippen LogP) is 1.71. The van der Waals surface area contributed by atoms with Gasteiger partial charge >= 0.3 is 0 Å². The molecule has 0 aromatic carbocycles. The van der Waals surface area contributed by atoms with Gasteiger partial charge in [-0.05, 0) is 20.8 Å². The van der Waals surface area contributed by atoms with Crippen LogP contribution in [-0.2, 0) is 9.47 Å². The maximum Gasteiger partial charge on any atom is 0.163 e. The van der Waals surface area contributed by atoms with E-state index < -0.39 is 0 Å². The van der Waals surface area contributed by atoms with Gasteiger partial charge in [0.15, 0.2) is 5.79 Å². The highest BCUT2D eigenvalue weighted by molar-refractivity contribution is 4.90. The molecule has 1 rings (SSSR count). The number of hydrogen-bond donors (Lipinski definition) is 0. The maximum atomic E-state index is 5.48. The third kappa shape index (κ3) is 1.82. The minimum atomic E-state index is -0.385. The SMILES string of the molecule is C/C=C/[C@H]1COC(C)(C)O1. The van der Waals surface area contributed by atoms with Crippen LogP contribution in [0.3, 0.4) is 0 Å². The van der Waals surface area contributed by atoms with Gasteiger partial charge in [-0.15, -0.1) is 0 Å². The van der Waals surface area contributed by atoms with Crippen LogP contribution in [0.2, 0.25) is 0 Å². The Morgan fingerprint density at radius 2 is 2.20 bits per heavy atom. The molecule has 0 unspecified atom stereocenters. The van der Waals surface area contributed by atoms with Crippen molar-refractivity contribution < 1.29 is 9.47 Å². The van der Waals surface area contributed by atoms with Gasteiger partial charge in [-0.1, -0.05) is 12.2 Å². The molecule has 0 amide bonds. The van der Waals surface area contributed by atoms with Gasteiger partial charge < -0.3 is 9.47 Å². The van der Waals surface area contributed by atoms with Crippen LogP contribution in [0, 0.1) is 0 Å². The summed E-state index contributed by atoms with van der Waals surface area (Å²) in [6, 6.07) is 0. The lowest BCUT2D eigenvalue weighted by atomic mass is 10.3. The van der Waals surface area contributed by atoms with E-state index in [4.69, 9.17) is 9.47 Å². The topological polar surface area (TPSA) is 18.5 Å². The lowest BCUT2D eigenvalue weighted by Gasteiger charge is -2.15. The Hall–Kier alpha value is -0.340. The first-order chi connectivity index (χ1) is 4.64. The van der Waals surface area contributed by atoms with Crippen molar-refractivity contribution in [2.24, 2.45) is 0 Å². The average molecular weight is 142 g/mol. The van der Waals surface area contributed by atoms with Gasteiger partial charge in [-0.2, -0.15) is 0 Å². The van der Waals surface area contributed by atoms with Crippen molar-refractivity contribution >= 4 is 0 Å². The zero-order valence-electron chi connectivity index (χ0n) is 6.76. The van der Waals surface area contributed by atoms with E-state index in [2.05, 4.69) is 0 Å². The van der Waals surface area contributed by atoms with E-state index in [1.165, 1.54) is 0 Å². The average Bonchev–Trinajstić information content (AvgIpc) is 2.12. The molecular weight excluding hydrogens is 128 g/mol. The Bertz CT molecular complexity index is 138. The molecule has 1 aliphatic rings. The van der Waals surface area contributed by atoms with Gasteiger partial charge in [0.1, 0.15) is 6.10 Å². The Morgan fingerprint density at radius 1 is 1.50 bits per heavy atom. The molecule has 58 valence electrons. The molecule has 2 nitrogen and oxygen atoms in total. The van der Waals surface area contributed by atoms with Gasteiger partial charge in [0.25, 0.3) is 0 Å². The number of hydrogen-bond acceptors (Lipinski definition) is 2. The fourth-order valence-corrected chi connectivity index (χ4v) is 1.02. The molecule has 1 heterocycles. The summed E-state index contributed by atoms with van der Waals surface area (Å²) in [4.78, 5) is 0. The number of allylic oxidation sites excluding steroid dienone is 1. The van der Waals surface area contributed by atoms with Crippen LogP contribution in [0.25, 0.3) is 0 Å². The van der Waals surface area contributed by atoms with Crippen molar-refractivity contribution in [3.8, 4) is 0 Å². The molecule has 0 saturated carbocycles. The van der Waals surface area contributed by atoms with E-state index in [1.54, 1.807) is 0 Å². The first-order valence-electron chi connectivity index (χ1n) is 3.58. The van der Waals surface area contributed by atoms with Crippen LogP contribution in [0.5, 0.6) is 0 Å². The third-order valence-corrected chi connectivity index (χ3v) is 1.44. The molecule has 0 N–H and O–H groups in total. The minimum Gasteiger partial charge on any atom is -0.347 e. The number of rotatable bonds is 1. The molecule has 1 aliphatic heterocycles. The monoisotopic (exact) mass is 142 g/mol. The Labute approximate surface area is 61.8 Å². The summed E-state index contributed by atoms with van der Waals surface area (Å²) >= 11 is 0. The van der Waals surface area contributed by atoms with E-state index in [0.29, 0.717) is 6.61 Å². The Balaban J connectivity index is 2.43. The maximum absolute atomic E-state index is 5.48. The van der Waals surface area contributed by atoms with E-state index in [-0.39, 0.29) is 11.9 Å². The van der Waals surface area contributed by atoms with Crippen molar-refractivity contribution in [1.82, 2.24) is 0 Å². The second-order valence-electron chi connectivity index (χ2n) is 2.89. The summed E-state index contributed by atoms with van der Waals surface area (Å²) < 4.78 is 10.8. The molecule has 0 aliphatic carbocycles. The van der Waals surface area contributed by atoms with Gasteiger partial charge in [0.2, 0.25) is 0 Å². The fourth-order valence-electron chi connectivity index (χ4n) is 1.02. The highest BCUT2D eigenvalue weighted by Crippen LogP contribution is 2.22. The molecule has 1 atom stereocenters. The summed E-state index contributed by atoms with van der Waals surface area (Å²) in [7, 11) is 0. The first-order valence-corrected chi connectivity index (χ1v) is 3.58. The third-order valence-electron chi connectivity index (χ3n) is 1.44. The van der Waals surface area contributed by atoms with E-state index in [9.17, 15) is 0 Å². The Kier molecular flexibility index (Phi) is 2.11. The highest BCUT2D eigenvalue weighted by atomic mass is 16.7. The normalized spacial score (nSPS) is 31.7. The predicted molar refractivity (Wildman–Crippen MR) is 39.7 cm³/mol. The lowest BCUT2D eigenvalue weighted by Crippen LogP contribution is -2.20.